The van der Waals surface area contributed by atoms with Crippen LogP contribution in [-0.2, 0) is 0 Å². The van der Waals surface area contributed by atoms with Crippen molar-refractivity contribution in [3.8, 4) is 0 Å². The molecule has 0 bridgehead atoms. The van der Waals surface area contributed by atoms with Crippen molar-refractivity contribution in [2.24, 2.45) is 0 Å². The first kappa shape index (κ1) is 12.0. The first-order valence-corrected chi connectivity index (χ1v) is 7.25. The van der Waals surface area contributed by atoms with Gasteiger partial charge in [-0.25, -0.2) is 0 Å². The zero-order valence-electron chi connectivity index (χ0n) is 11.2. The molecule has 18 heavy (non-hydrogen) atoms. The van der Waals surface area contributed by atoms with Gasteiger partial charge in [0.2, 0.25) is 0 Å². The van der Waals surface area contributed by atoms with Gasteiger partial charge >= 0.3 is 0 Å². The molecule has 0 aromatic heterocycles. The van der Waals surface area contributed by atoms with Crippen molar-refractivity contribution in [1.82, 2.24) is 0 Å². The van der Waals surface area contributed by atoms with Crippen LogP contribution < -0.4 is 0 Å². The Kier molecular flexibility index (Phi) is 3.25. The molecule has 2 unspecified atom stereocenters. The van der Waals surface area contributed by atoms with E-state index >= 15 is 0 Å². The molecule has 0 radical (unpaired) electrons. The third-order valence-corrected chi connectivity index (χ3v) is 4.69. The smallest absolute Gasteiger partial charge is 0.0796 e. The van der Waals surface area contributed by atoms with Crippen molar-refractivity contribution in [3.05, 3.63) is 46.5 Å². The van der Waals surface area contributed by atoms with E-state index in [-0.39, 0.29) is 6.10 Å². The molecule has 0 aliphatic heterocycles. The van der Waals surface area contributed by atoms with Crippen LogP contribution in [0.2, 0.25) is 0 Å². The molecule has 0 saturated carbocycles. The number of allylic oxidation sites excluding steroid dienone is 2. The zero-order chi connectivity index (χ0) is 12.5. The lowest BCUT2D eigenvalue weighted by atomic mass is 9.76. The van der Waals surface area contributed by atoms with E-state index in [1.807, 2.05) is 6.07 Å². The van der Waals surface area contributed by atoms with Crippen LogP contribution in [0.25, 0.3) is 0 Å². The Morgan fingerprint density at radius 2 is 1.72 bits per heavy atom. The monoisotopic (exact) mass is 242 g/mol. The van der Waals surface area contributed by atoms with Gasteiger partial charge in [0.05, 0.1) is 6.10 Å². The highest BCUT2D eigenvalue weighted by Gasteiger charge is 2.25. The summed E-state index contributed by atoms with van der Waals surface area (Å²) in [6.45, 7) is 2.32. The van der Waals surface area contributed by atoms with Gasteiger partial charge in [-0.1, -0.05) is 42.3 Å². The fraction of sp³-hybridized carbons (Fsp3) is 0.529. The molecule has 96 valence electrons. The van der Waals surface area contributed by atoms with Crippen molar-refractivity contribution in [2.45, 2.75) is 57.5 Å². The minimum atomic E-state index is -0.278. The van der Waals surface area contributed by atoms with Gasteiger partial charge in [0.15, 0.2) is 0 Å². The van der Waals surface area contributed by atoms with Crippen molar-refractivity contribution >= 4 is 0 Å². The minimum Gasteiger partial charge on any atom is -0.388 e. The summed E-state index contributed by atoms with van der Waals surface area (Å²) in [5.74, 6) is 0.492. The van der Waals surface area contributed by atoms with E-state index in [1.54, 1.807) is 11.1 Å². The van der Waals surface area contributed by atoms with E-state index < -0.39 is 0 Å². The lowest BCUT2D eigenvalue weighted by molar-refractivity contribution is 0.164. The predicted octanol–water partition coefficient (Wildman–Crippen LogP) is 4.49. The van der Waals surface area contributed by atoms with Crippen LogP contribution in [-0.4, -0.2) is 5.11 Å². The number of fused-ring (bicyclic) bond motifs is 1. The van der Waals surface area contributed by atoms with Crippen LogP contribution in [0.4, 0.5) is 0 Å². The Morgan fingerprint density at radius 3 is 2.56 bits per heavy atom. The van der Waals surface area contributed by atoms with Crippen LogP contribution in [0.5, 0.6) is 0 Å². The van der Waals surface area contributed by atoms with Crippen molar-refractivity contribution in [2.75, 3.05) is 0 Å². The van der Waals surface area contributed by atoms with Gasteiger partial charge in [0, 0.05) is 5.92 Å². The van der Waals surface area contributed by atoms with Crippen LogP contribution in [0.1, 0.15) is 68.6 Å². The second kappa shape index (κ2) is 4.89. The molecule has 2 aliphatic carbocycles. The molecule has 2 aliphatic rings. The predicted molar refractivity (Wildman–Crippen MR) is 74.5 cm³/mol. The molecule has 1 heteroatoms. The number of hydrogen-bond donors (Lipinski definition) is 1. The molecule has 0 spiro atoms. The fourth-order valence-corrected chi connectivity index (χ4v) is 3.66. The molecule has 2 atom stereocenters. The van der Waals surface area contributed by atoms with Gasteiger partial charge in [0.25, 0.3) is 0 Å². The summed E-state index contributed by atoms with van der Waals surface area (Å²) in [6.07, 6.45) is 6.91. The van der Waals surface area contributed by atoms with Gasteiger partial charge in [-0.2, -0.15) is 0 Å². The quantitative estimate of drug-likeness (QED) is 0.665. The van der Waals surface area contributed by atoms with Crippen LogP contribution in [0, 0.1) is 0 Å². The highest BCUT2D eigenvalue weighted by atomic mass is 16.3. The van der Waals surface area contributed by atoms with E-state index in [0.29, 0.717) is 5.92 Å². The lowest BCUT2D eigenvalue weighted by Crippen LogP contribution is -2.14. The largest absolute Gasteiger partial charge is 0.388 e. The number of aliphatic hydroxyl groups excluding tert-OH is 1. The maximum Gasteiger partial charge on any atom is 0.0796 e. The highest BCUT2D eigenvalue weighted by Crippen LogP contribution is 2.42. The fourth-order valence-electron chi connectivity index (χ4n) is 3.66. The SMILES string of the molecule is CC1C2=C(CCCC2)CCC(O)c2ccccc21. The molecular formula is C17H22O. The normalized spacial score (nSPS) is 28.1. The van der Waals surface area contributed by atoms with Crippen molar-refractivity contribution < 1.29 is 5.11 Å². The van der Waals surface area contributed by atoms with E-state index in [4.69, 9.17) is 0 Å². The number of aliphatic hydroxyl groups is 1. The van der Waals surface area contributed by atoms with Gasteiger partial charge in [-0.05, 0) is 49.7 Å². The Morgan fingerprint density at radius 1 is 1.00 bits per heavy atom. The Hall–Kier alpha value is -1.08. The van der Waals surface area contributed by atoms with Gasteiger partial charge < -0.3 is 5.11 Å². The average Bonchev–Trinajstić information content (AvgIpc) is 2.43. The summed E-state index contributed by atoms with van der Waals surface area (Å²) < 4.78 is 0. The summed E-state index contributed by atoms with van der Waals surface area (Å²) in [5.41, 5.74) is 5.81. The third-order valence-electron chi connectivity index (χ3n) is 4.69. The van der Waals surface area contributed by atoms with Crippen molar-refractivity contribution in [3.63, 3.8) is 0 Å². The van der Waals surface area contributed by atoms with E-state index in [0.717, 1.165) is 18.4 Å². The molecule has 0 saturated heterocycles. The number of benzene rings is 1. The number of rotatable bonds is 0. The standard InChI is InChI=1S/C17H22O/c1-12-14-7-3-2-6-13(14)10-11-17(18)16-9-5-4-8-15(12)16/h4-5,8-9,12,17-18H,2-3,6-7,10-11H2,1H3. The van der Waals surface area contributed by atoms with Gasteiger partial charge in [-0.3, -0.25) is 0 Å². The summed E-state index contributed by atoms with van der Waals surface area (Å²) in [4.78, 5) is 0. The Balaban J connectivity index is 2.08. The third kappa shape index (κ3) is 2.01. The molecule has 0 heterocycles. The first-order chi connectivity index (χ1) is 8.77. The minimum absolute atomic E-state index is 0.278. The van der Waals surface area contributed by atoms with Crippen LogP contribution >= 0.6 is 0 Å². The van der Waals surface area contributed by atoms with E-state index in [2.05, 4.69) is 25.1 Å². The topological polar surface area (TPSA) is 20.2 Å². The molecule has 1 nitrogen and oxygen atoms in total. The molecular weight excluding hydrogens is 220 g/mol. The average molecular weight is 242 g/mol. The van der Waals surface area contributed by atoms with E-state index in [9.17, 15) is 5.11 Å². The summed E-state index contributed by atoms with van der Waals surface area (Å²) in [7, 11) is 0. The van der Waals surface area contributed by atoms with Crippen molar-refractivity contribution in [1.29, 1.82) is 0 Å². The molecule has 0 amide bonds. The summed E-state index contributed by atoms with van der Waals surface area (Å²) in [6, 6.07) is 8.46. The van der Waals surface area contributed by atoms with Gasteiger partial charge in [0.1, 0.15) is 0 Å². The summed E-state index contributed by atoms with van der Waals surface area (Å²) in [5, 5.41) is 10.4. The Bertz CT molecular complexity index is 472. The molecule has 0 fully saturated rings. The maximum absolute atomic E-state index is 10.4. The van der Waals surface area contributed by atoms with Crippen LogP contribution in [0.15, 0.2) is 35.4 Å². The maximum atomic E-state index is 10.4. The zero-order valence-corrected chi connectivity index (χ0v) is 11.2. The second-order valence-electron chi connectivity index (χ2n) is 5.74. The highest BCUT2D eigenvalue weighted by molar-refractivity contribution is 5.40. The van der Waals surface area contributed by atoms with E-state index in [1.165, 1.54) is 31.2 Å². The molecule has 3 rings (SSSR count). The van der Waals surface area contributed by atoms with Crippen LogP contribution in [0.3, 0.4) is 0 Å². The summed E-state index contributed by atoms with van der Waals surface area (Å²) >= 11 is 0. The number of hydrogen-bond acceptors (Lipinski definition) is 1. The second-order valence-corrected chi connectivity index (χ2v) is 5.74. The van der Waals surface area contributed by atoms with Gasteiger partial charge in [-0.15, -0.1) is 0 Å². The lowest BCUT2D eigenvalue weighted by Gasteiger charge is -2.31. The molecule has 1 aromatic rings. The first-order valence-electron chi connectivity index (χ1n) is 7.25. The molecule has 1 N–H and O–H groups in total. The molecule has 1 aromatic carbocycles. The Labute approximate surface area is 110 Å².